The standard InChI is InChI=1S/C13H17N3O4/c1-7-8(2)14-15(3)12(19)11(7)13(20)16-5-9(6-16)4-10(17)18/h9H,4-6H2,1-3H3,(H,17,18). The van der Waals surface area contributed by atoms with Crippen LogP contribution in [0, 0.1) is 19.8 Å². The number of carbonyl (C=O) groups is 2. The summed E-state index contributed by atoms with van der Waals surface area (Å²) in [7, 11) is 1.51. The summed E-state index contributed by atoms with van der Waals surface area (Å²) in [5, 5.41) is 12.7. The Balaban J connectivity index is 2.20. The normalized spacial score (nSPS) is 15.1. The molecule has 1 N–H and O–H groups in total. The number of carbonyl (C=O) groups excluding carboxylic acids is 1. The van der Waals surface area contributed by atoms with Crippen LogP contribution in [-0.2, 0) is 11.8 Å². The second kappa shape index (κ2) is 5.07. The molecule has 7 nitrogen and oxygen atoms in total. The summed E-state index contributed by atoms with van der Waals surface area (Å²) in [6.07, 6.45) is 0.0517. The lowest BCUT2D eigenvalue weighted by molar-refractivity contribution is -0.139. The van der Waals surface area contributed by atoms with Gasteiger partial charge in [0.15, 0.2) is 0 Å². The molecule has 0 unspecified atom stereocenters. The van der Waals surface area contributed by atoms with Gasteiger partial charge in [-0.05, 0) is 19.4 Å². The molecule has 1 aliphatic rings. The molecule has 0 radical (unpaired) electrons. The molecule has 2 rings (SSSR count). The zero-order chi connectivity index (χ0) is 15.0. The number of nitrogens with zero attached hydrogens (tertiary/aromatic N) is 3. The van der Waals surface area contributed by atoms with Crippen molar-refractivity contribution < 1.29 is 14.7 Å². The Bertz CT molecular complexity index is 629. The van der Waals surface area contributed by atoms with E-state index in [1.54, 1.807) is 13.8 Å². The molecule has 7 heteroatoms. The molecule has 1 aromatic rings. The molecule has 0 aromatic carbocycles. The Hall–Kier alpha value is -2.18. The number of hydrogen-bond acceptors (Lipinski definition) is 4. The summed E-state index contributed by atoms with van der Waals surface area (Å²) in [6.45, 7) is 4.21. The van der Waals surface area contributed by atoms with Gasteiger partial charge in [-0.15, -0.1) is 0 Å². The molecule has 0 aliphatic carbocycles. The first-order chi connectivity index (χ1) is 9.31. The van der Waals surface area contributed by atoms with Crippen molar-refractivity contribution in [3.8, 4) is 0 Å². The maximum Gasteiger partial charge on any atom is 0.303 e. The first-order valence-electron chi connectivity index (χ1n) is 6.36. The quantitative estimate of drug-likeness (QED) is 0.837. The van der Waals surface area contributed by atoms with Gasteiger partial charge < -0.3 is 10.0 Å². The lowest BCUT2D eigenvalue weighted by atomic mass is 9.95. The van der Waals surface area contributed by atoms with E-state index in [0.29, 0.717) is 24.3 Å². The maximum atomic E-state index is 12.3. The van der Waals surface area contributed by atoms with Gasteiger partial charge in [-0.2, -0.15) is 5.10 Å². The third-order valence-corrected chi connectivity index (χ3v) is 3.65. The monoisotopic (exact) mass is 279 g/mol. The Morgan fingerprint density at radius 3 is 2.50 bits per heavy atom. The van der Waals surface area contributed by atoms with Gasteiger partial charge in [0.2, 0.25) is 0 Å². The van der Waals surface area contributed by atoms with Crippen LogP contribution in [-0.4, -0.2) is 44.8 Å². The summed E-state index contributed by atoms with van der Waals surface area (Å²) >= 11 is 0. The van der Waals surface area contributed by atoms with Crippen molar-refractivity contribution in [2.45, 2.75) is 20.3 Å². The van der Waals surface area contributed by atoms with E-state index < -0.39 is 11.5 Å². The number of aromatic nitrogens is 2. The molecule has 0 bridgehead atoms. The number of hydrogen-bond donors (Lipinski definition) is 1. The smallest absolute Gasteiger partial charge is 0.303 e. The minimum atomic E-state index is -0.867. The molecular weight excluding hydrogens is 262 g/mol. The summed E-state index contributed by atoms with van der Waals surface area (Å²) in [5.74, 6) is -1.23. The predicted molar refractivity (Wildman–Crippen MR) is 70.6 cm³/mol. The van der Waals surface area contributed by atoms with Gasteiger partial charge in [-0.25, -0.2) is 4.68 Å². The molecule has 0 saturated carbocycles. The highest BCUT2D eigenvalue weighted by atomic mass is 16.4. The van der Waals surface area contributed by atoms with Gasteiger partial charge >= 0.3 is 5.97 Å². The van der Waals surface area contributed by atoms with Gasteiger partial charge in [0, 0.05) is 26.1 Å². The minimum absolute atomic E-state index is 0.0245. The maximum absolute atomic E-state index is 12.3. The summed E-state index contributed by atoms with van der Waals surface area (Å²) in [5.41, 5.74) is 0.936. The van der Waals surface area contributed by atoms with E-state index in [0.717, 1.165) is 4.68 Å². The van der Waals surface area contributed by atoms with Crippen LogP contribution in [0.1, 0.15) is 28.0 Å². The average molecular weight is 279 g/mol. The number of aryl methyl sites for hydroxylation is 2. The molecule has 108 valence electrons. The molecule has 1 aromatic heterocycles. The zero-order valence-electron chi connectivity index (χ0n) is 11.7. The van der Waals surface area contributed by atoms with E-state index in [1.165, 1.54) is 11.9 Å². The summed E-state index contributed by atoms with van der Waals surface area (Å²) in [4.78, 5) is 36.5. The highest BCUT2D eigenvalue weighted by Gasteiger charge is 2.34. The molecule has 20 heavy (non-hydrogen) atoms. The second-order valence-electron chi connectivity index (χ2n) is 5.19. The van der Waals surface area contributed by atoms with Crippen molar-refractivity contribution in [3.05, 3.63) is 27.2 Å². The van der Waals surface area contributed by atoms with Crippen LogP contribution in [0.4, 0.5) is 0 Å². The Kier molecular flexibility index (Phi) is 3.61. The summed E-state index contributed by atoms with van der Waals surface area (Å²) in [6, 6.07) is 0. The van der Waals surface area contributed by atoms with Gasteiger partial charge in [0.25, 0.3) is 11.5 Å². The number of likely N-dealkylation sites (tertiary alicyclic amines) is 1. The topological polar surface area (TPSA) is 92.5 Å². The Morgan fingerprint density at radius 2 is 1.95 bits per heavy atom. The second-order valence-corrected chi connectivity index (χ2v) is 5.19. The van der Waals surface area contributed by atoms with Crippen LogP contribution in [0.5, 0.6) is 0 Å². The highest BCUT2D eigenvalue weighted by Crippen LogP contribution is 2.21. The number of aliphatic carboxylic acids is 1. The number of carboxylic acids is 1. The van der Waals surface area contributed by atoms with Crippen LogP contribution >= 0.6 is 0 Å². The van der Waals surface area contributed by atoms with E-state index in [1.807, 2.05) is 0 Å². The van der Waals surface area contributed by atoms with Crippen LogP contribution in [0.2, 0.25) is 0 Å². The van der Waals surface area contributed by atoms with E-state index in [-0.39, 0.29) is 23.8 Å². The van der Waals surface area contributed by atoms with Crippen LogP contribution < -0.4 is 5.56 Å². The fourth-order valence-electron chi connectivity index (χ4n) is 2.37. The molecular formula is C13H17N3O4. The lowest BCUT2D eigenvalue weighted by Crippen LogP contribution is -2.52. The molecule has 2 heterocycles. The van der Waals surface area contributed by atoms with Crippen molar-refractivity contribution in [2.24, 2.45) is 13.0 Å². The molecule has 0 atom stereocenters. The van der Waals surface area contributed by atoms with Gasteiger partial charge in [0.1, 0.15) is 5.56 Å². The zero-order valence-corrected chi connectivity index (χ0v) is 11.7. The minimum Gasteiger partial charge on any atom is -0.481 e. The predicted octanol–water partition coefficient (Wildman–Crippen LogP) is -0.0562. The van der Waals surface area contributed by atoms with Gasteiger partial charge in [-0.3, -0.25) is 14.4 Å². The first-order valence-corrected chi connectivity index (χ1v) is 6.36. The van der Waals surface area contributed by atoms with E-state index in [2.05, 4.69) is 5.10 Å². The van der Waals surface area contributed by atoms with E-state index in [4.69, 9.17) is 5.11 Å². The fourth-order valence-corrected chi connectivity index (χ4v) is 2.37. The van der Waals surface area contributed by atoms with E-state index in [9.17, 15) is 14.4 Å². The molecule has 1 aliphatic heterocycles. The third kappa shape index (κ3) is 2.43. The van der Waals surface area contributed by atoms with Crippen molar-refractivity contribution in [3.63, 3.8) is 0 Å². The molecule has 1 fully saturated rings. The third-order valence-electron chi connectivity index (χ3n) is 3.65. The highest BCUT2D eigenvalue weighted by molar-refractivity contribution is 5.96. The van der Waals surface area contributed by atoms with E-state index >= 15 is 0 Å². The first kappa shape index (κ1) is 14.2. The molecule has 0 spiro atoms. The van der Waals surface area contributed by atoms with Crippen molar-refractivity contribution in [2.75, 3.05) is 13.1 Å². The van der Waals surface area contributed by atoms with Crippen LogP contribution in [0.25, 0.3) is 0 Å². The van der Waals surface area contributed by atoms with Crippen LogP contribution in [0.3, 0.4) is 0 Å². The molecule has 1 saturated heterocycles. The number of amides is 1. The fraction of sp³-hybridized carbons (Fsp3) is 0.538. The summed E-state index contributed by atoms with van der Waals surface area (Å²) < 4.78 is 1.16. The van der Waals surface area contributed by atoms with Crippen molar-refractivity contribution in [1.29, 1.82) is 0 Å². The lowest BCUT2D eigenvalue weighted by Gasteiger charge is -2.38. The van der Waals surface area contributed by atoms with Gasteiger partial charge in [0.05, 0.1) is 12.1 Å². The number of rotatable bonds is 3. The van der Waals surface area contributed by atoms with Gasteiger partial charge in [-0.1, -0.05) is 0 Å². The Morgan fingerprint density at radius 1 is 1.35 bits per heavy atom. The van der Waals surface area contributed by atoms with Crippen LogP contribution in [0.15, 0.2) is 4.79 Å². The van der Waals surface area contributed by atoms with Crippen molar-refractivity contribution >= 4 is 11.9 Å². The Labute approximate surface area is 115 Å². The van der Waals surface area contributed by atoms with Crippen molar-refractivity contribution in [1.82, 2.24) is 14.7 Å². The largest absolute Gasteiger partial charge is 0.481 e. The molecule has 1 amide bonds. The average Bonchev–Trinajstić information content (AvgIpc) is 2.30. The number of carboxylic acid groups (broad SMARTS) is 1. The SMILES string of the molecule is Cc1nn(C)c(=O)c(C(=O)N2CC(CC(=O)O)C2)c1C.